The summed E-state index contributed by atoms with van der Waals surface area (Å²) in [6.07, 6.45) is 0. The minimum absolute atomic E-state index is 0.152. The number of nitrogens with zero attached hydrogens (tertiary/aromatic N) is 1. The predicted octanol–water partition coefficient (Wildman–Crippen LogP) is -2.48. The third kappa shape index (κ3) is 1.45. The van der Waals surface area contributed by atoms with E-state index in [0.717, 1.165) is 13.1 Å². The van der Waals surface area contributed by atoms with Crippen LogP contribution < -0.4 is 10.6 Å². The summed E-state index contributed by atoms with van der Waals surface area (Å²) in [5, 5.41) is 16.1. The normalized spacial score (nSPS) is 30.7. The molecule has 0 aromatic carbocycles. The van der Waals surface area contributed by atoms with Gasteiger partial charge in [-0.1, -0.05) is 0 Å². The number of hydrogen-bond donors (Lipinski definition) is 3. The van der Waals surface area contributed by atoms with E-state index in [1.165, 1.54) is 0 Å². The molecule has 6 nitrogen and oxygen atoms in total. The molecule has 3 N–H and O–H groups in total. The molecule has 0 atom stereocenters. The van der Waals surface area contributed by atoms with Crippen LogP contribution in [0.2, 0.25) is 0 Å². The third-order valence-electron chi connectivity index (χ3n) is 3.66. The van der Waals surface area contributed by atoms with Crippen molar-refractivity contribution in [1.82, 2.24) is 15.5 Å². The van der Waals surface area contributed by atoms with Crippen molar-refractivity contribution < 1.29 is 14.6 Å². The SMILES string of the molecule is O=C(N1CCOC2(CNC2)C1)C1(O)CNC1. The van der Waals surface area contributed by atoms with Gasteiger partial charge in [0, 0.05) is 32.7 Å². The molecule has 0 aromatic rings. The fourth-order valence-electron chi connectivity index (χ4n) is 2.44. The minimum atomic E-state index is -1.17. The predicted molar refractivity (Wildman–Crippen MR) is 56.0 cm³/mol. The van der Waals surface area contributed by atoms with Crippen LogP contribution in [0.15, 0.2) is 0 Å². The Morgan fingerprint density at radius 3 is 2.44 bits per heavy atom. The molecule has 0 aliphatic carbocycles. The summed E-state index contributed by atoms with van der Waals surface area (Å²) >= 11 is 0. The van der Waals surface area contributed by atoms with Crippen LogP contribution in [-0.4, -0.2) is 73.0 Å². The number of nitrogens with one attached hydrogen (secondary N) is 2. The fourth-order valence-corrected chi connectivity index (χ4v) is 2.44. The maximum Gasteiger partial charge on any atom is 0.257 e. The van der Waals surface area contributed by atoms with E-state index >= 15 is 0 Å². The van der Waals surface area contributed by atoms with Crippen molar-refractivity contribution >= 4 is 5.91 Å². The molecule has 3 aliphatic rings. The Morgan fingerprint density at radius 1 is 1.25 bits per heavy atom. The van der Waals surface area contributed by atoms with Crippen LogP contribution in [0.5, 0.6) is 0 Å². The second-order valence-electron chi connectivity index (χ2n) is 5.00. The molecule has 0 unspecified atom stereocenters. The second-order valence-corrected chi connectivity index (χ2v) is 5.00. The Hall–Kier alpha value is -0.690. The van der Waals surface area contributed by atoms with Crippen LogP contribution >= 0.6 is 0 Å². The molecule has 3 heterocycles. The van der Waals surface area contributed by atoms with E-state index < -0.39 is 5.60 Å². The zero-order valence-electron chi connectivity index (χ0n) is 9.16. The lowest BCUT2D eigenvalue weighted by atomic mass is 9.91. The topological polar surface area (TPSA) is 73.8 Å². The van der Waals surface area contributed by atoms with E-state index in [1.54, 1.807) is 4.90 Å². The van der Waals surface area contributed by atoms with Crippen LogP contribution in [0, 0.1) is 0 Å². The Labute approximate surface area is 93.9 Å². The van der Waals surface area contributed by atoms with E-state index in [4.69, 9.17) is 4.74 Å². The highest BCUT2D eigenvalue weighted by atomic mass is 16.5. The van der Waals surface area contributed by atoms with Crippen molar-refractivity contribution in [1.29, 1.82) is 0 Å². The van der Waals surface area contributed by atoms with E-state index in [1.807, 2.05) is 0 Å². The Balaban J connectivity index is 1.68. The molecule has 1 amide bonds. The Morgan fingerprint density at radius 2 is 1.94 bits per heavy atom. The molecule has 0 radical (unpaired) electrons. The third-order valence-corrected chi connectivity index (χ3v) is 3.66. The standard InChI is InChI=1S/C10H17N3O3/c14-8(10(15)5-12-6-10)13-1-2-16-9(7-13)3-11-4-9/h11-12,15H,1-7H2. The van der Waals surface area contributed by atoms with Crippen molar-refractivity contribution in [2.45, 2.75) is 11.2 Å². The molecule has 3 fully saturated rings. The molecule has 0 bridgehead atoms. The van der Waals surface area contributed by atoms with E-state index in [0.29, 0.717) is 32.8 Å². The van der Waals surface area contributed by atoms with Gasteiger partial charge in [-0.2, -0.15) is 0 Å². The summed E-state index contributed by atoms with van der Waals surface area (Å²) in [7, 11) is 0. The van der Waals surface area contributed by atoms with E-state index in [2.05, 4.69) is 10.6 Å². The zero-order chi connectivity index (χ0) is 11.2. The molecule has 90 valence electrons. The van der Waals surface area contributed by atoms with Gasteiger partial charge in [0.05, 0.1) is 13.2 Å². The number of ether oxygens (including phenoxy) is 1. The highest BCUT2D eigenvalue weighted by molar-refractivity contribution is 5.87. The van der Waals surface area contributed by atoms with Crippen molar-refractivity contribution in [3.05, 3.63) is 0 Å². The van der Waals surface area contributed by atoms with Crippen molar-refractivity contribution in [2.75, 3.05) is 45.9 Å². The summed E-state index contributed by atoms with van der Waals surface area (Å²) in [5.74, 6) is -0.152. The van der Waals surface area contributed by atoms with Gasteiger partial charge in [-0.25, -0.2) is 0 Å². The minimum Gasteiger partial charge on any atom is -0.377 e. The monoisotopic (exact) mass is 227 g/mol. The summed E-state index contributed by atoms with van der Waals surface area (Å²) in [4.78, 5) is 13.8. The van der Waals surface area contributed by atoms with Gasteiger partial charge in [0.1, 0.15) is 5.60 Å². The van der Waals surface area contributed by atoms with Crippen molar-refractivity contribution in [3.63, 3.8) is 0 Å². The quantitative estimate of drug-likeness (QED) is 0.462. The number of hydrogen-bond acceptors (Lipinski definition) is 5. The molecular formula is C10H17N3O3. The van der Waals surface area contributed by atoms with Gasteiger partial charge >= 0.3 is 0 Å². The zero-order valence-corrected chi connectivity index (χ0v) is 9.16. The maximum absolute atomic E-state index is 12.1. The van der Waals surface area contributed by atoms with Crippen LogP contribution in [0.4, 0.5) is 0 Å². The van der Waals surface area contributed by atoms with Crippen molar-refractivity contribution in [2.24, 2.45) is 0 Å². The fraction of sp³-hybridized carbons (Fsp3) is 0.900. The number of morpholine rings is 1. The van der Waals surface area contributed by atoms with Crippen LogP contribution in [0.3, 0.4) is 0 Å². The van der Waals surface area contributed by atoms with Crippen LogP contribution in [0.1, 0.15) is 0 Å². The van der Waals surface area contributed by atoms with Crippen molar-refractivity contribution in [3.8, 4) is 0 Å². The largest absolute Gasteiger partial charge is 0.377 e. The first kappa shape index (κ1) is 10.5. The Bertz CT molecular complexity index is 312. The molecular weight excluding hydrogens is 210 g/mol. The smallest absolute Gasteiger partial charge is 0.257 e. The summed E-state index contributed by atoms with van der Waals surface area (Å²) < 4.78 is 5.69. The molecule has 0 saturated carbocycles. The average Bonchev–Trinajstić information content (AvgIpc) is 2.23. The molecule has 3 saturated heterocycles. The molecule has 6 heteroatoms. The van der Waals surface area contributed by atoms with Gasteiger partial charge in [0.15, 0.2) is 5.60 Å². The maximum atomic E-state index is 12.1. The number of β-amino-alcohol motifs (C(OH)–C–C–N with tert-alkyl or cyclic N) is 1. The number of carbonyl (C=O) groups is 1. The number of rotatable bonds is 1. The van der Waals surface area contributed by atoms with E-state index in [-0.39, 0.29) is 11.5 Å². The van der Waals surface area contributed by atoms with Gasteiger partial charge < -0.3 is 25.4 Å². The van der Waals surface area contributed by atoms with Gasteiger partial charge in [0.2, 0.25) is 0 Å². The molecule has 3 rings (SSSR count). The molecule has 3 aliphatic heterocycles. The van der Waals surface area contributed by atoms with Gasteiger partial charge in [0.25, 0.3) is 5.91 Å². The first-order valence-corrected chi connectivity index (χ1v) is 5.71. The highest BCUT2D eigenvalue weighted by Crippen LogP contribution is 2.25. The summed E-state index contributed by atoms with van der Waals surface area (Å²) in [6.45, 7) is 4.09. The average molecular weight is 227 g/mol. The lowest BCUT2D eigenvalue weighted by Gasteiger charge is -2.50. The van der Waals surface area contributed by atoms with Crippen LogP contribution in [-0.2, 0) is 9.53 Å². The van der Waals surface area contributed by atoms with Crippen LogP contribution in [0.25, 0.3) is 0 Å². The van der Waals surface area contributed by atoms with Gasteiger partial charge in [-0.3, -0.25) is 4.79 Å². The van der Waals surface area contributed by atoms with E-state index in [9.17, 15) is 9.90 Å². The summed E-state index contributed by atoms with van der Waals surface area (Å²) in [5.41, 5.74) is -1.36. The number of carbonyl (C=O) groups excluding carboxylic acids is 1. The summed E-state index contributed by atoms with van der Waals surface area (Å²) in [6, 6.07) is 0. The first-order chi connectivity index (χ1) is 7.64. The molecule has 16 heavy (non-hydrogen) atoms. The second kappa shape index (κ2) is 3.40. The van der Waals surface area contributed by atoms with Gasteiger partial charge in [-0.05, 0) is 0 Å². The number of amides is 1. The molecule has 0 aromatic heterocycles. The first-order valence-electron chi connectivity index (χ1n) is 5.71. The van der Waals surface area contributed by atoms with Gasteiger partial charge in [-0.15, -0.1) is 0 Å². The Kier molecular flexibility index (Phi) is 2.22. The molecule has 1 spiro atoms. The lowest BCUT2D eigenvalue weighted by Crippen LogP contribution is -2.73. The highest BCUT2D eigenvalue weighted by Gasteiger charge is 2.49. The number of aliphatic hydroxyl groups is 1. The lowest BCUT2D eigenvalue weighted by molar-refractivity contribution is -0.178.